The molecule has 0 aromatic carbocycles. The second-order valence-electron chi connectivity index (χ2n) is 4.99. The van der Waals surface area contributed by atoms with Gasteiger partial charge in [-0.05, 0) is 19.9 Å². The third-order valence-corrected chi connectivity index (χ3v) is 4.52. The van der Waals surface area contributed by atoms with E-state index in [0.717, 1.165) is 31.4 Å². The third-order valence-electron chi connectivity index (χ3n) is 3.39. The SMILES string of the molecule is CN(CCNC(=O)CC1CSCCN1)C1CC1. The van der Waals surface area contributed by atoms with Crippen molar-refractivity contribution in [2.75, 3.05) is 38.2 Å². The number of carbonyl (C=O) groups excluding carboxylic acids is 1. The Balaban J connectivity index is 1.53. The van der Waals surface area contributed by atoms with E-state index in [4.69, 9.17) is 0 Å². The van der Waals surface area contributed by atoms with Gasteiger partial charge in [0.15, 0.2) is 0 Å². The van der Waals surface area contributed by atoms with Gasteiger partial charge >= 0.3 is 0 Å². The van der Waals surface area contributed by atoms with Gasteiger partial charge in [0.25, 0.3) is 0 Å². The number of carbonyl (C=O) groups is 1. The largest absolute Gasteiger partial charge is 0.355 e. The van der Waals surface area contributed by atoms with Crippen LogP contribution in [0.15, 0.2) is 0 Å². The maximum absolute atomic E-state index is 11.7. The summed E-state index contributed by atoms with van der Waals surface area (Å²) in [5.74, 6) is 2.42. The molecule has 0 bridgehead atoms. The van der Waals surface area contributed by atoms with Crippen molar-refractivity contribution in [1.82, 2.24) is 15.5 Å². The van der Waals surface area contributed by atoms with Crippen molar-refractivity contribution in [3.63, 3.8) is 0 Å². The quantitative estimate of drug-likeness (QED) is 0.718. The molecule has 0 aromatic rings. The van der Waals surface area contributed by atoms with Crippen LogP contribution in [0.4, 0.5) is 0 Å². The lowest BCUT2D eigenvalue weighted by molar-refractivity contribution is -0.121. The highest BCUT2D eigenvalue weighted by atomic mass is 32.2. The summed E-state index contributed by atoms with van der Waals surface area (Å²) in [5, 5.41) is 6.40. The normalized spacial score (nSPS) is 24.9. The first-order chi connectivity index (χ1) is 8.25. The first-order valence-corrected chi connectivity index (χ1v) is 7.69. The molecule has 2 N–H and O–H groups in total. The molecule has 17 heavy (non-hydrogen) atoms. The van der Waals surface area contributed by atoms with E-state index in [-0.39, 0.29) is 5.91 Å². The van der Waals surface area contributed by atoms with Gasteiger partial charge in [-0.1, -0.05) is 0 Å². The number of thioether (sulfide) groups is 1. The highest BCUT2D eigenvalue weighted by molar-refractivity contribution is 7.99. The molecule has 1 aliphatic carbocycles. The summed E-state index contributed by atoms with van der Waals surface area (Å²) in [4.78, 5) is 14.0. The first-order valence-electron chi connectivity index (χ1n) is 6.54. The van der Waals surface area contributed by atoms with E-state index < -0.39 is 0 Å². The van der Waals surface area contributed by atoms with E-state index >= 15 is 0 Å². The summed E-state index contributed by atoms with van der Waals surface area (Å²) in [6.45, 7) is 2.79. The minimum Gasteiger partial charge on any atom is -0.355 e. The van der Waals surface area contributed by atoms with Gasteiger partial charge in [-0.3, -0.25) is 4.79 Å². The first kappa shape index (κ1) is 13.2. The molecule has 0 aromatic heterocycles. The van der Waals surface area contributed by atoms with E-state index in [2.05, 4.69) is 22.6 Å². The fraction of sp³-hybridized carbons (Fsp3) is 0.917. The zero-order valence-corrected chi connectivity index (χ0v) is 11.4. The van der Waals surface area contributed by atoms with Crippen molar-refractivity contribution in [3.05, 3.63) is 0 Å². The van der Waals surface area contributed by atoms with E-state index in [9.17, 15) is 4.79 Å². The van der Waals surface area contributed by atoms with E-state index in [1.54, 1.807) is 0 Å². The highest BCUT2D eigenvalue weighted by Crippen LogP contribution is 2.24. The Kier molecular flexibility index (Phi) is 5.13. The van der Waals surface area contributed by atoms with Crippen LogP contribution in [0, 0.1) is 0 Å². The van der Waals surface area contributed by atoms with Crippen LogP contribution in [0.2, 0.25) is 0 Å². The zero-order valence-electron chi connectivity index (χ0n) is 10.6. The number of nitrogens with one attached hydrogen (secondary N) is 2. The number of amides is 1. The van der Waals surface area contributed by atoms with Crippen molar-refractivity contribution in [3.8, 4) is 0 Å². The maximum Gasteiger partial charge on any atom is 0.221 e. The van der Waals surface area contributed by atoms with Crippen LogP contribution in [0.3, 0.4) is 0 Å². The molecule has 4 nitrogen and oxygen atoms in total. The van der Waals surface area contributed by atoms with Gasteiger partial charge in [-0.15, -0.1) is 0 Å². The summed E-state index contributed by atoms with van der Waals surface area (Å²) in [5.41, 5.74) is 0. The van der Waals surface area contributed by atoms with E-state index in [1.807, 2.05) is 11.8 Å². The molecule has 1 amide bonds. The zero-order chi connectivity index (χ0) is 12.1. The Morgan fingerprint density at radius 2 is 2.35 bits per heavy atom. The van der Waals surface area contributed by atoms with Gasteiger partial charge in [0, 0.05) is 49.6 Å². The Labute approximate surface area is 108 Å². The number of hydrogen-bond acceptors (Lipinski definition) is 4. The van der Waals surface area contributed by atoms with Crippen LogP contribution in [0.5, 0.6) is 0 Å². The van der Waals surface area contributed by atoms with Gasteiger partial charge in [0.05, 0.1) is 0 Å². The van der Waals surface area contributed by atoms with Crippen molar-refractivity contribution in [2.45, 2.75) is 31.3 Å². The Morgan fingerprint density at radius 1 is 1.53 bits per heavy atom. The summed E-state index contributed by atoms with van der Waals surface area (Å²) < 4.78 is 0. The second-order valence-corrected chi connectivity index (χ2v) is 6.14. The lowest BCUT2D eigenvalue weighted by Crippen LogP contribution is -2.42. The molecule has 2 rings (SSSR count). The minimum absolute atomic E-state index is 0.189. The average molecular weight is 257 g/mol. The number of hydrogen-bond donors (Lipinski definition) is 2. The molecule has 98 valence electrons. The molecule has 1 atom stereocenters. The van der Waals surface area contributed by atoms with Gasteiger partial charge in [0.2, 0.25) is 5.91 Å². The molecular formula is C12H23N3OS. The molecule has 1 saturated carbocycles. The summed E-state index contributed by atoms with van der Waals surface area (Å²) in [6.07, 6.45) is 3.28. The van der Waals surface area contributed by atoms with Crippen molar-refractivity contribution < 1.29 is 4.79 Å². The molecule has 2 aliphatic rings. The maximum atomic E-state index is 11.7. The van der Waals surface area contributed by atoms with Crippen LogP contribution in [-0.2, 0) is 4.79 Å². The third kappa shape index (κ3) is 4.85. The molecule has 1 heterocycles. The predicted molar refractivity (Wildman–Crippen MR) is 72.4 cm³/mol. The Morgan fingerprint density at radius 3 is 3.00 bits per heavy atom. The van der Waals surface area contributed by atoms with Crippen molar-refractivity contribution >= 4 is 17.7 Å². The predicted octanol–water partition coefficient (Wildman–Crippen LogP) is 0.292. The summed E-state index contributed by atoms with van der Waals surface area (Å²) in [7, 11) is 2.14. The minimum atomic E-state index is 0.189. The second kappa shape index (κ2) is 6.61. The molecule has 1 unspecified atom stereocenters. The van der Waals surface area contributed by atoms with Crippen LogP contribution in [0.25, 0.3) is 0 Å². The van der Waals surface area contributed by atoms with Gasteiger partial charge in [0.1, 0.15) is 0 Å². The van der Waals surface area contributed by atoms with Gasteiger partial charge < -0.3 is 15.5 Å². The molecule has 0 radical (unpaired) electrons. The number of rotatable bonds is 6. The summed E-state index contributed by atoms with van der Waals surface area (Å²) >= 11 is 1.94. The lowest BCUT2D eigenvalue weighted by atomic mass is 10.2. The van der Waals surface area contributed by atoms with Gasteiger partial charge in [-0.2, -0.15) is 11.8 Å². The molecule has 1 saturated heterocycles. The van der Waals surface area contributed by atoms with E-state index in [1.165, 1.54) is 18.6 Å². The van der Waals surface area contributed by atoms with Crippen LogP contribution in [0.1, 0.15) is 19.3 Å². The van der Waals surface area contributed by atoms with Crippen LogP contribution >= 0.6 is 11.8 Å². The Bertz CT molecular complexity index is 252. The fourth-order valence-corrected chi connectivity index (χ4v) is 3.07. The summed E-state index contributed by atoms with van der Waals surface area (Å²) in [6, 6.07) is 1.15. The van der Waals surface area contributed by atoms with Gasteiger partial charge in [-0.25, -0.2) is 0 Å². The van der Waals surface area contributed by atoms with E-state index in [0.29, 0.717) is 12.5 Å². The van der Waals surface area contributed by atoms with Crippen molar-refractivity contribution in [1.29, 1.82) is 0 Å². The smallest absolute Gasteiger partial charge is 0.221 e. The fourth-order valence-electron chi connectivity index (χ4n) is 2.12. The van der Waals surface area contributed by atoms with Crippen LogP contribution < -0.4 is 10.6 Å². The molecule has 5 heteroatoms. The lowest BCUT2D eigenvalue weighted by Gasteiger charge is -2.22. The highest BCUT2D eigenvalue weighted by Gasteiger charge is 2.25. The molecule has 2 fully saturated rings. The van der Waals surface area contributed by atoms with Crippen LogP contribution in [-0.4, -0.2) is 61.1 Å². The molecule has 1 aliphatic heterocycles. The molecular weight excluding hydrogens is 234 g/mol. The average Bonchev–Trinajstić information content (AvgIpc) is 3.14. The topological polar surface area (TPSA) is 44.4 Å². The monoisotopic (exact) mass is 257 g/mol. The Hall–Kier alpha value is -0.260. The number of likely N-dealkylation sites (N-methyl/N-ethyl adjacent to an activating group) is 1. The standard InChI is InChI=1S/C12H23N3OS/c1-15(11-2-3-11)6-4-14-12(16)8-10-9-17-7-5-13-10/h10-11,13H,2-9H2,1H3,(H,14,16). The molecule has 0 spiro atoms. The van der Waals surface area contributed by atoms with Crippen molar-refractivity contribution in [2.24, 2.45) is 0 Å². The number of nitrogens with zero attached hydrogens (tertiary/aromatic N) is 1.